The van der Waals surface area contributed by atoms with Gasteiger partial charge in [0.15, 0.2) is 0 Å². The molecule has 0 radical (unpaired) electrons. The number of rotatable bonds is 2. The van der Waals surface area contributed by atoms with Crippen LogP contribution in [-0.2, 0) is 0 Å². The highest BCUT2D eigenvalue weighted by molar-refractivity contribution is 5.46. The van der Waals surface area contributed by atoms with Crippen molar-refractivity contribution in [2.75, 3.05) is 36.0 Å². The highest BCUT2D eigenvalue weighted by Crippen LogP contribution is 2.16. The van der Waals surface area contributed by atoms with Gasteiger partial charge in [-0.1, -0.05) is 6.07 Å². The fourth-order valence-electron chi connectivity index (χ4n) is 2.44. The van der Waals surface area contributed by atoms with Crippen molar-refractivity contribution in [2.45, 2.75) is 0 Å². The quantitative estimate of drug-likeness (QED) is 0.887. The van der Waals surface area contributed by atoms with Crippen LogP contribution in [0.15, 0.2) is 41.3 Å². The lowest BCUT2D eigenvalue weighted by Gasteiger charge is -2.36. The fourth-order valence-corrected chi connectivity index (χ4v) is 2.44. The molecule has 3 rings (SSSR count). The van der Waals surface area contributed by atoms with Crippen molar-refractivity contribution in [2.24, 2.45) is 0 Å². The molecular weight excluding hydrogens is 266 g/mol. The van der Waals surface area contributed by atoms with Gasteiger partial charge in [0, 0.05) is 38.4 Å². The molecule has 0 spiro atoms. The minimum absolute atomic E-state index is 0.0799. The number of H-pyrrole nitrogens is 1. The monoisotopic (exact) mass is 281 g/mol. The lowest BCUT2D eigenvalue weighted by Crippen LogP contribution is -2.47. The molecule has 0 aliphatic carbocycles. The lowest BCUT2D eigenvalue weighted by atomic mass is 10.2. The molecule has 0 bridgehead atoms. The number of nitriles is 1. The van der Waals surface area contributed by atoms with Crippen LogP contribution in [0.1, 0.15) is 5.56 Å². The molecule has 1 aliphatic heterocycles. The van der Waals surface area contributed by atoms with Crippen LogP contribution >= 0.6 is 0 Å². The zero-order valence-electron chi connectivity index (χ0n) is 11.5. The summed E-state index contributed by atoms with van der Waals surface area (Å²) in [6, 6.07) is 10.9. The highest BCUT2D eigenvalue weighted by Gasteiger charge is 2.18. The number of nitrogens with zero attached hydrogens (tertiary/aromatic N) is 4. The lowest BCUT2D eigenvalue weighted by molar-refractivity contribution is 0.641. The van der Waals surface area contributed by atoms with E-state index in [1.807, 2.05) is 12.1 Å². The number of pyridine rings is 2. The van der Waals surface area contributed by atoms with Crippen LogP contribution in [0.3, 0.4) is 0 Å². The third kappa shape index (κ3) is 2.87. The number of aromatic nitrogens is 2. The molecule has 0 unspecified atom stereocenters. The van der Waals surface area contributed by atoms with Gasteiger partial charge in [-0.3, -0.25) is 4.79 Å². The van der Waals surface area contributed by atoms with Crippen molar-refractivity contribution in [3.63, 3.8) is 0 Å². The summed E-state index contributed by atoms with van der Waals surface area (Å²) in [5.41, 5.74) is 0.489. The molecule has 6 nitrogen and oxygen atoms in total. The largest absolute Gasteiger partial charge is 0.355 e. The van der Waals surface area contributed by atoms with Crippen molar-refractivity contribution < 1.29 is 0 Å². The minimum atomic E-state index is -0.0799. The van der Waals surface area contributed by atoms with E-state index in [0.29, 0.717) is 5.56 Å². The van der Waals surface area contributed by atoms with Crippen LogP contribution in [0.2, 0.25) is 0 Å². The Balaban J connectivity index is 1.67. The van der Waals surface area contributed by atoms with E-state index in [0.717, 1.165) is 37.8 Å². The Morgan fingerprint density at radius 3 is 2.48 bits per heavy atom. The number of aromatic amines is 1. The third-order valence-corrected chi connectivity index (χ3v) is 3.57. The average Bonchev–Trinajstić information content (AvgIpc) is 2.55. The minimum Gasteiger partial charge on any atom is -0.355 e. The summed E-state index contributed by atoms with van der Waals surface area (Å²) >= 11 is 0. The van der Waals surface area contributed by atoms with Crippen LogP contribution in [-0.4, -0.2) is 36.1 Å². The predicted molar refractivity (Wildman–Crippen MR) is 80.4 cm³/mol. The molecule has 1 saturated heterocycles. The maximum Gasteiger partial charge on any atom is 0.249 e. The number of hydrogen-bond donors (Lipinski definition) is 1. The first-order valence-electron chi connectivity index (χ1n) is 6.82. The molecule has 3 heterocycles. The van der Waals surface area contributed by atoms with Crippen molar-refractivity contribution in [3.8, 4) is 6.07 Å². The van der Waals surface area contributed by atoms with Gasteiger partial charge in [-0.2, -0.15) is 5.26 Å². The van der Waals surface area contributed by atoms with Crippen LogP contribution in [0.5, 0.6) is 0 Å². The van der Waals surface area contributed by atoms with Gasteiger partial charge in [0.2, 0.25) is 5.56 Å². The van der Waals surface area contributed by atoms with Crippen molar-refractivity contribution in [1.82, 2.24) is 9.97 Å². The number of piperazine rings is 1. The van der Waals surface area contributed by atoms with Crippen LogP contribution in [0.25, 0.3) is 0 Å². The summed E-state index contributed by atoms with van der Waals surface area (Å²) in [6.07, 6.45) is 1.59. The molecule has 0 aromatic carbocycles. The molecule has 1 aliphatic rings. The van der Waals surface area contributed by atoms with E-state index >= 15 is 0 Å². The summed E-state index contributed by atoms with van der Waals surface area (Å²) < 4.78 is 0. The molecule has 2 aromatic heterocycles. The van der Waals surface area contributed by atoms with Gasteiger partial charge >= 0.3 is 0 Å². The number of hydrogen-bond acceptors (Lipinski definition) is 5. The molecule has 2 aromatic rings. The van der Waals surface area contributed by atoms with E-state index in [4.69, 9.17) is 5.26 Å². The molecule has 6 heteroatoms. The summed E-state index contributed by atoms with van der Waals surface area (Å²) in [5.74, 6) is 1.74. The molecule has 1 fully saturated rings. The van der Waals surface area contributed by atoms with Gasteiger partial charge < -0.3 is 14.8 Å². The Morgan fingerprint density at radius 1 is 1.10 bits per heavy atom. The number of nitrogens with one attached hydrogen (secondary N) is 1. The molecule has 106 valence electrons. The topological polar surface area (TPSA) is 76.0 Å². The van der Waals surface area contributed by atoms with E-state index < -0.39 is 0 Å². The van der Waals surface area contributed by atoms with E-state index in [1.165, 1.54) is 6.07 Å². The smallest absolute Gasteiger partial charge is 0.249 e. The summed E-state index contributed by atoms with van der Waals surface area (Å²) in [6.45, 7) is 3.30. The Labute approximate surface area is 122 Å². The zero-order chi connectivity index (χ0) is 14.7. The second kappa shape index (κ2) is 5.67. The fraction of sp³-hybridized carbons (Fsp3) is 0.267. The van der Waals surface area contributed by atoms with E-state index in [-0.39, 0.29) is 5.56 Å². The van der Waals surface area contributed by atoms with Crippen molar-refractivity contribution in [1.29, 1.82) is 5.26 Å². The average molecular weight is 281 g/mol. The Morgan fingerprint density at radius 2 is 1.86 bits per heavy atom. The van der Waals surface area contributed by atoms with E-state index in [9.17, 15) is 4.79 Å². The Kier molecular flexibility index (Phi) is 3.56. The zero-order valence-corrected chi connectivity index (χ0v) is 11.5. The highest BCUT2D eigenvalue weighted by atomic mass is 16.1. The van der Waals surface area contributed by atoms with E-state index in [2.05, 4.69) is 25.8 Å². The summed E-state index contributed by atoms with van der Waals surface area (Å²) in [4.78, 5) is 22.8. The van der Waals surface area contributed by atoms with Gasteiger partial charge in [-0.05, 0) is 18.2 Å². The van der Waals surface area contributed by atoms with Crippen molar-refractivity contribution >= 4 is 11.6 Å². The molecular formula is C15H15N5O. The first-order valence-corrected chi connectivity index (χ1v) is 6.82. The first-order chi connectivity index (χ1) is 10.3. The molecule has 0 saturated carbocycles. The Bertz CT molecular complexity index is 708. The summed E-state index contributed by atoms with van der Waals surface area (Å²) in [5, 5.41) is 8.78. The first kappa shape index (κ1) is 13.2. The second-order valence-electron chi connectivity index (χ2n) is 4.89. The third-order valence-electron chi connectivity index (χ3n) is 3.57. The van der Waals surface area contributed by atoms with Crippen molar-refractivity contribution in [3.05, 3.63) is 52.4 Å². The standard InChI is InChI=1S/C15H15N5O/c16-10-12-4-5-13(17-11-12)19-6-8-20(9-7-19)14-2-1-3-15(21)18-14/h1-5,11H,6-9H2,(H,18,21). The maximum atomic E-state index is 11.4. The van der Waals surface area contributed by atoms with Gasteiger partial charge in [-0.15, -0.1) is 0 Å². The van der Waals surface area contributed by atoms with E-state index in [1.54, 1.807) is 18.3 Å². The van der Waals surface area contributed by atoms with Gasteiger partial charge in [0.05, 0.1) is 5.56 Å². The predicted octanol–water partition coefficient (Wildman–Crippen LogP) is 0.968. The van der Waals surface area contributed by atoms with Crippen LogP contribution in [0, 0.1) is 11.3 Å². The molecule has 0 amide bonds. The van der Waals surface area contributed by atoms with Crippen LogP contribution in [0.4, 0.5) is 11.6 Å². The van der Waals surface area contributed by atoms with Gasteiger partial charge in [-0.25, -0.2) is 4.98 Å². The molecule has 0 atom stereocenters. The van der Waals surface area contributed by atoms with Gasteiger partial charge in [0.25, 0.3) is 0 Å². The van der Waals surface area contributed by atoms with Crippen LogP contribution < -0.4 is 15.4 Å². The summed E-state index contributed by atoms with van der Waals surface area (Å²) in [7, 11) is 0. The molecule has 21 heavy (non-hydrogen) atoms. The van der Waals surface area contributed by atoms with Gasteiger partial charge in [0.1, 0.15) is 17.7 Å². The second-order valence-corrected chi connectivity index (χ2v) is 4.89. The Hall–Kier alpha value is -2.81. The molecule has 1 N–H and O–H groups in total. The maximum absolute atomic E-state index is 11.4. The normalized spacial score (nSPS) is 14.8. The number of anilines is 2. The SMILES string of the molecule is N#Cc1ccc(N2CCN(c3cccc(=O)[nH]3)CC2)nc1.